The van der Waals surface area contributed by atoms with E-state index in [0.717, 1.165) is 27.2 Å². The van der Waals surface area contributed by atoms with E-state index in [1.165, 1.54) is 21.5 Å². The first kappa shape index (κ1) is 111. The van der Waals surface area contributed by atoms with Crippen LogP contribution in [0.15, 0.2) is 194 Å². The molecule has 37 heteroatoms. The number of sulfonamides is 1. The van der Waals surface area contributed by atoms with Crippen LogP contribution in [-0.2, 0) is 110 Å². The summed E-state index contributed by atoms with van der Waals surface area (Å²) in [5.74, 6) is -9.08. The van der Waals surface area contributed by atoms with Gasteiger partial charge in [0.05, 0.1) is 40.2 Å². The van der Waals surface area contributed by atoms with Crippen LogP contribution in [-0.4, -0.2) is 216 Å². The molecular weight excluding hydrogens is 1920 g/mol. The number of carboxylic acids is 1. The van der Waals surface area contributed by atoms with E-state index in [-0.39, 0.29) is 69.4 Å². The average molecular weight is 2060 g/mol. The number of fused-ring (bicyclic) bond motifs is 3. The molecule has 9 amide bonds. The molecule has 3 aliphatic rings. The summed E-state index contributed by atoms with van der Waals surface area (Å²) in [6.07, 6.45) is 3.81. The van der Waals surface area contributed by atoms with Crippen LogP contribution >= 0.6 is 0 Å². The number of imidazole rings is 1. The van der Waals surface area contributed by atoms with Crippen LogP contribution in [0.1, 0.15) is 217 Å². The lowest BCUT2D eigenvalue weighted by atomic mass is 9.77. The molecule has 3 aromatic heterocycles. The smallest absolute Gasteiger partial charge is 0.419 e. The normalized spacial score (nSPS) is 16.2. The maximum atomic E-state index is 16.3. The topological polar surface area (TPSA) is 480 Å². The highest BCUT2D eigenvalue weighted by atomic mass is 32.2. The molecular formula is C112H140N16O20S. The van der Waals surface area contributed by atoms with Crippen molar-refractivity contribution in [2.45, 2.75) is 301 Å². The zero-order valence-electron chi connectivity index (χ0n) is 88.1. The number of carbonyl (C=O) groups excluding carboxylic acids is 11. The Labute approximate surface area is 869 Å². The number of aliphatic carboxylic acids is 1. The molecule has 3 aliphatic heterocycles. The molecule has 0 radical (unpaired) electrons. The number of ether oxygens (including phenoxy) is 5. The summed E-state index contributed by atoms with van der Waals surface area (Å²) < 4.78 is 66.0. The van der Waals surface area contributed by atoms with Gasteiger partial charge in [-0.25, -0.2) is 32.5 Å². The Hall–Kier alpha value is -14.8. The molecule has 2 saturated heterocycles. The number of para-hydroxylation sites is 2. The number of rotatable bonds is 39. The van der Waals surface area contributed by atoms with Crippen LogP contribution in [0.4, 0.5) is 9.59 Å². The van der Waals surface area contributed by atoms with Crippen molar-refractivity contribution in [1.29, 1.82) is 5.41 Å². The summed E-state index contributed by atoms with van der Waals surface area (Å²) in [5, 5.41) is 45.8. The van der Waals surface area contributed by atoms with Crippen molar-refractivity contribution in [3.05, 3.63) is 250 Å². The average Bonchev–Trinajstić information content (AvgIpc) is 0.921. The predicted molar refractivity (Wildman–Crippen MR) is 562 cm³/mol. The Bertz CT molecular complexity index is 6650. The number of hydrogen-bond acceptors (Lipinski definition) is 21. The van der Waals surface area contributed by atoms with E-state index in [1.807, 2.05) is 130 Å². The van der Waals surface area contributed by atoms with Crippen molar-refractivity contribution < 1.29 is 94.7 Å². The third kappa shape index (κ3) is 28.0. The maximum absolute atomic E-state index is 16.3. The number of carbonyl (C=O) groups is 12. The molecule has 2 fully saturated rings. The highest BCUT2D eigenvalue weighted by molar-refractivity contribution is 7.90. The van der Waals surface area contributed by atoms with Gasteiger partial charge in [0.25, 0.3) is 10.0 Å². The number of nitrogens with zero attached hydrogens (tertiary/aromatic N) is 5. The van der Waals surface area contributed by atoms with Crippen LogP contribution in [0, 0.1) is 32.1 Å². The molecule has 9 atom stereocenters. The second kappa shape index (κ2) is 46.3. The van der Waals surface area contributed by atoms with E-state index >= 15 is 33.6 Å². The zero-order valence-corrected chi connectivity index (χ0v) is 88.9. The Kier molecular flexibility index (Phi) is 34.7. The molecule has 149 heavy (non-hydrogen) atoms. The van der Waals surface area contributed by atoms with Crippen molar-refractivity contribution in [3.8, 4) is 11.5 Å². The quantitative estimate of drug-likeness (QED) is 0.00737. The number of amides is 9. The minimum absolute atomic E-state index is 0.00849. The van der Waals surface area contributed by atoms with Crippen LogP contribution in [0.2, 0.25) is 0 Å². The predicted octanol–water partition coefficient (Wildman–Crippen LogP) is 12.2. The van der Waals surface area contributed by atoms with Gasteiger partial charge >= 0.3 is 18.2 Å². The summed E-state index contributed by atoms with van der Waals surface area (Å²) in [7, 11) is -4.40. The van der Waals surface area contributed by atoms with Gasteiger partial charge in [-0.2, -0.15) is 0 Å². The molecule has 6 heterocycles. The summed E-state index contributed by atoms with van der Waals surface area (Å²) in [5.41, 5.74) is 1.43. The van der Waals surface area contributed by atoms with E-state index in [2.05, 4.69) is 52.6 Å². The first-order chi connectivity index (χ1) is 70.1. The molecule has 7 aromatic carbocycles. The highest BCUT2D eigenvalue weighted by Gasteiger charge is 2.45. The lowest BCUT2D eigenvalue weighted by molar-refractivity contribution is -0.149. The van der Waals surface area contributed by atoms with E-state index in [9.17, 15) is 37.5 Å². The van der Waals surface area contributed by atoms with E-state index in [1.54, 1.807) is 182 Å². The molecule has 0 spiro atoms. The van der Waals surface area contributed by atoms with Gasteiger partial charge in [-0.1, -0.05) is 153 Å². The summed E-state index contributed by atoms with van der Waals surface area (Å²) in [6, 6.07) is 35.5. The third-order valence-corrected chi connectivity index (χ3v) is 27.7. The van der Waals surface area contributed by atoms with Crippen molar-refractivity contribution in [1.82, 2.24) is 76.2 Å². The molecule has 0 aliphatic carbocycles. The number of guanidine groups is 1. The Balaban J connectivity index is 0.849. The fourth-order valence-electron chi connectivity index (χ4n) is 19.2. The minimum Gasteiger partial charge on any atom is -0.488 e. The monoisotopic (exact) mass is 2060 g/mol. The van der Waals surface area contributed by atoms with Gasteiger partial charge in [0.2, 0.25) is 59.1 Å². The number of hydrogen-bond donors (Lipinski definition) is 12. The second-order valence-corrected chi connectivity index (χ2v) is 45.2. The van der Waals surface area contributed by atoms with Crippen LogP contribution in [0.25, 0.3) is 21.8 Å². The molecule has 794 valence electrons. The van der Waals surface area contributed by atoms with Crippen molar-refractivity contribution >= 4 is 109 Å². The molecule has 12 N–H and O–H groups in total. The summed E-state index contributed by atoms with van der Waals surface area (Å²) in [6.45, 7) is 32.6. The number of benzene rings is 7. The van der Waals surface area contributed by atoms with E-state index in [0.29, 0.717) is 85.2 Å². The Morgan fingerprint density at radius 1 is 0.550 bits per heavy atom. The third-order valence-electron chi connectivity index (χ3n) is 26.1. The van der Waals surface area contributed by atoms with Gasteiger partial charge in [-0.3, -0.25) is 57.7 Å². The molecule has 0 bridgehead atoms. The number of carboxylic acid groups (broad SMARTS) is 1. The molecule has 36 nitrogen and oxygen atoms in total. The Morgan fingerprint density at radius 3 is 1.50 bits per heavy atom. The SMILES string of the molecule is Cc1c(C)c(S(=O)(=O)NC(=N)NCCC[C@H](NC(=O)[C@H](CC(C)C)NC(=O)[C@@H](Cc2cn(C(=O)OC(C)(C)C)c3ccccc23)NC(=O)[C@H](Cc2ccc(OC(C)(C)C)cc2)NC(=O)[C@H](COC(C)(C)C)NC(=O)[C@H](Cc2cn(C(=O)OC(C)(C)C)c3ccccc23)NC(=O)[C@H](Cc2cn(C(c3ccccc3)(c3ccccc3)c3ccccc3)cn2)NC(=O)[C@@H]2CCC(=O)N2)C(=O)N2CCC[C@H]2C(=O)O)c(C)c2c1OC(C)(C)C2. The largest absolute Gasteiger partial charge is 0.488 e. The zero-order chi connectivity index (χ0) is 108. The van der Waals surface area contributed by atoms with Gasteiger partial charge < -0.3 is 86.1 Å². The van der Waals surface area contributed by atoms with Gasteiger partial charge in [0.1, 0.15) is 93.8 Å². The van der Waals surface area contributed by atoms with Gasteiger partial charge in [-0.05, 0) is 236 Å². The fourth-order valence-corrected chi connectivity index (χ4v) is 20.8. The standard InChI is InChI=1S/C112H140N16O20S/c1-66(2)55-83(96(131)117-82(102(137)126-54-34-46-91(126)103(138)139)43-33-53-114-104(113)124-149(142,143)94-68(4)67(3)93-80(69(94)5)60-111(18,19)146-93)118-98(133)85(57-71-61-127(105(140)147-109(12,13)14)89-44-31-29-41-78(71)89)120-97(132)84(56-70-47-49-77(50-48-70)145-108(9,10)11)119-101(136)88(64-144-107(6,7)8)123-99(134)86(58-72-62-128(106(141)148-110(15,16)17)90-45-32-30-42-79(72)90)121-100(135)87(122-95(130)81-51-52-92(129)116-81)59-76-63-125(65-115-76)112(73-35-23-20-24-36-73,74-37-25-21-26-38-74)75-39-27-22-28-40-75/h20-32,35-42,44-45,47-50,61-63,65-66,81-88,91H,33-34,43,46,51-60,64H2,1-19H3,(H,116,129)(H,117,131)(H,118,133)(H,119,136)(H,120,132)(H,121,135)(H,122,130)(H,123,134)(H,138,139)(H3,113,114,124)/t81-,82-,83-,84-,85+,86-,87-,88-,91-/m0/s1. The van der Waals surface area contributed by atoms with Gasteiger partial charge in [0.15, 0.2) is 0 Å². The van der Waals surface area contributed by atoms with Crippen LogP contribution in [0.5, 0.6) is 11.5 Å². The van der Waals surface area contributed by atoms with Gasteiger partial charge in [0, 0.05) is 86.5 Å². The molecule has 0 saturated carbocycles. The first-order valence-corrected chi connectivity index (χ1v) is 52.0. The molecule has 0 unspecified atom stereocenters. The van der Waals surface area contributed by atoms with Crippen LogP contribution < -0.4 is 62.0 Å². The number of nitrogens with one attached hydrogen (secondary N) is 11. The highest BCUT2D eigenvalue weighted by Crippen LogP contribution is 2.45. The summed E-state index contributed by atoms with van der Waals surface area (Å²) >= 11 is 0. The van der Waals surface area contributed by atoms with Crippen molar-refractivity contribution in [2.75, 3.05) is 19.7 Å². The summed E-state index contributed by atoms with van der Waals surface area (Å²) in [4.78, 5) is 187. The molecule has 13 rings (SSSR count). The van der Waals surface area contributed by atoms with E-state index < -0.39 is 201 Å². The second-order valence-electron chi connectivity index (χ2n) is 43.6. The first-order valence-electron chi connectivity index (χ1n) is 50.5. The molecule has 10 aromatic rings. The van der Waals surface area contributed by atoms with Crippen molar-refractivity contribution in [3.63, 3.8) is 0 Å². The number of likely N-dealkylation sites (tertiary alicyclic amines) is 1. The maximum Gasteiger partial charge on any atom is 0.419 e. The van der Waals surface area contributed by atoms with Gasteiger partial charge in [-0.15, -0.1) is 0 Å². The minimum atomic E-state index is -4.40. The lowest BCUT2D eigenvalue weighted by Gasteiger charge is -2.37. The number of aromatic nitrogens is 4. The van der Waals surface area contributed by atoms with Crippen LogP contribution in [0.3, 0.4) is 0 Å². The van der Waals surface area contributed by atoms with Crippen molar-refractivity contribution in [2.24, 2.45) is 5.92 Å². The Morgan fingerprint density at radius 2 is 1.02 bits per heavy atom. The fraction of sp³-hybridized carbons (Fsp3) is 0.446. The van der Waals surface area contributed by atoms with E-state index in [4.69, 9.17) is 34.1 Å². The lowest BCUT2D eigenvalue weighted by Crippen LogP contribution is -2.62.